The molecule has 0 unspecified atom stereocenters. The third-order valence-corrected chi connectivity index (χ3v) is 3.85. The van der Waals surface area contributed by atoms with E-state index in [1.807, 2.05) is 12.1 Å². The van der Waals surface area contributed by atoms with Gasteiger partial charge in [-0.15, -0.1) is 0 Å². The maximum Gasteiger partial charge on any atom is 0.0367 e. The molecule has 1 heterocycles. The molecule has 3 heteroatoms. The van der Waals surface area contributed by atoms with E-state index in [-0.39, 0.29) is 0 Å². The Morgan fingerprint density at radius 2 is 1.60 bits per heavy atom. The SMILES string of the molecule is Nc1cccc(CN2CCN(c3ccccc3)CC2)c1. The van der Waals surface area contributed by atoms with E-state index >= 15 is 0 Å². The summed E-state index contributed by atoms with van der Waals surface area (Å²) >= 11 is 0. The highest BCUT2D eigenvalue weighted by molar-refractivity contribution is 5.46. The molecule has 2 aromatic carbocycles. The molecular weight excluding hydrogens is 246 g/mol. The zero-order valence-electron chi connectivity index (χ0n) is 11.7. The number of piperazine rings is 1. The molecule has 0 bridgehead atoms. The van der Waals surface area contributed by atoms with Crippen molar-refractivity contribution in [3.63, 3.8) is 0 Å². The minimum Gasteiger partial charge on any atom is -0.399 e. The molecule has 1 fully saturated rings. The van der Waals surface area contributed by atoms with E-state index in [0.29, 0.717) is 0 Å². The van der Waals surface area contributed by atoms with Gasteiger partial charge in [-0.2, -0.15) is 0 Å². The van der Waals surface area contributed by atoms with Crippen LogP contribution < -0.4 is 10.6 Å². The molecule has 2 N–H and O–H groups in total. The number of nitrogen functional groups attached to an aromatic ring is 1. The van der Waals surface area contributed by atoms with Gasteiger partial charge in [0, 0.05) is 44.1 Å². The lowest BCUT2D eigenvalue weighted by atomic mass is 10.1. The topological polar surface area (TPSA) is 32.5 Å². The van der Waals surface area contributed by atoms with Crippen molar-refractivity contribution in [3.8, 4) is 0 Å². The average Bonchev–Trinajstić information content (AvgIpc) is 2.49. The molecule has 2 aromatic rings. The van der Waals surface area contributed by atoms with E-state index in [1.165, 1.54) is 11.3 Å². The van der Waals surface area contributed by atoms with Crippen LogP contribution in [-0.2, 0) is 6.54 Å². The third kappa shape index (κ3) is 3.11. The van der Waals surface area contributed by atoms with Gasteiger partial charge in [-0.05, 0) is 29.8 Å². The van der Waals surface area contributed by atoms with Crippen LogP contribution in [0.25, 0.3) is 0 Å². The number of rotatable bonds is 3. The fraction of sp³-hybridized carbons (Fsp3) is 0.294. The molecule has 1 aliphatic heterocycles. The van der Waals surface area contributed by atoms with Crippen LogP contribution in [0.15, 0.2) is 54.6 Å². The van der Waals surface area contributed by atoms with E-state index < -0.39 is 0 Å². The minimum absolute atomic E-state index is 0.852. The summed E-state index contributed by atoms with van der Waals surface area (Å²) in [5, 5.41) is 0. The first-order chi connectivity index (χ1) is 9.81. The second-order valence-corrected chi connectivity index (χ2v) is 5.34. The van der Waals surface area contributed by atoms with Crippen LogP contribution in [0.5, 0.6) is 0 Å². The predicted molar refractivity (Wildman–Crippen MR) is 84.8 cm³/mol. The van der Waals surface area contributed by atoms with Gasteiger partial charge in [0.1, 0.15) is 0 Å². The van der Waals surface area contributed by atoms with Crippen LogP contribution in [0.3, 0.4) is 0 Å². The summed E-state index contributed by atoms with van der Waals surface area (Å²) in [5.74, 6) is 0. The summed E-state index contributed by atoms with van der Waals surface area (Å²) < 4.78 is 0. The van der Waals surface area contributed by atoms with Gasteiger partial charge in [0.05, 0.1) is 0 Å². The first kappa shape index (κ1) is 13.0. The van der Waals surface area contributed by atoms with Crippen molar-refractivity contribution in [3.05, 3.63) is 60.2 Å². The Kier molecular flexibility index (Phi) is 3.88. The lowest BCUT2D eigenvalue weighted by Gasteiger charge is -2.36. The van der Waals surface area contributed by atoms with Gasteiger partial charge < -0.3 is 10.6 Å². The molecule has 0 atom stereocenters. The van der Waals surface area contributed by atoms with E-state index in [1.54, 1.807) is 0 Å². The van der Waals surface area contributed by atoms with Crippen LogP contribution in [0.1, 0.15) is 5.56 Å². The summed E-state index contributed by atoms with van der Waals surface area (Å²) in [7, 11) is 0. The molecule has 0 spiro atoms. The molecule has 0 aromatic heterocycles. The molecule has 0 aliphatic carbocycles. The zero-order valence-corrected chi connectivity index (χ0v) is 11.7. The highest BCUT2D eigenvalue weighted by Gasteiger charge is 2.16. The van der Waals surface area contributed by atoms with Crippen molar-refractivity contribution in [1.82, 2.24) is 4.90 Å². The molecule has 1 aliphatic rings. The van der Waals surface area contributed by atoms with Crippen molar-refractivity contribution < 1.29 is 0 Å². The second-order valence-electron chi connectivity index (χ2n) is 5.34. The maximum absolute atomic E-state index is 5.84. The molecule has 3 nitrogen and oxygen atoms in total. The number of anilines is 2. The first-order valence-corrected chi connectivity index (χ1v) is 7.18. The smallest absolute Gasteiger partial charge is 0.0367 e. The standard InChI is InChI=1S/C17H21N3/c18-16-6-4-5-15(13-16)14-19-9-11-20(12-10-19)17-7-2-1-3-8-17/h1-8,13H,9-12,14,18H2. The number of benzene rings is 2. The van der Waals surface area contributed by atoms with E-state index in [2.05, 4.69) is 52.3 Å². The van der Waals surface area contributed by atoms with Crippen molar-refractivity contribution in [2.75, 3.05) is 36.8 Å². The van der Waals surface area contributed by atoms with E-state index in [4.69, 9.17) is 5.73 Å². The van der Waals surface area contributed by atoms with Gasteiger partial charge in [0.15, 0.2) is 0 Å². The van der Waals surface area contributed by atoms with Gasteiger partial charge in [0.2, 0.25) is 0 Å². The number of hydrogen-bond donors (Lipinski definition) is 1. The van der Waals surface area contributed by atoms with Crippen LogP contribution in [0.4, 0.5) is 11.4 Å². The Morgan fingerprint density at radius 1 is 0.850 bits per heavy atom. The van der Waals surface area contributed by atoms with Crippen LogP contribution in [0.2, 0.25) is 0 Å². The van der Waals surface area contributed by atoms with Gasteiger partial charge >= 0.3 is 0 Å². The third-order valence-electron chi connectivity index (χ3n) is 3.85. The molecular formula is C17H21N3. The quantitative estimate of drug-likeness (QED) is 0.868. The van der Waals surface area contributed by atoms with Crippen molar-refractivity contribution in [2.45, 2.75) is 6.54 Å². The normalized spacial score (nSPS) is 16.3. The van der Waals surface area contributed by atoms with Gasteiger partial charge in [-0.3, -0.25) is 4.90 Å². The molecule has 3 rings (SSSR count). The molecule has 0 radical (unpaired) electrons. The Hall–Kier alpha value is -2.00. The Morgan fingerprint density at radius 3 is 2.30 bits per heavy atom. The summed E-state index contributed by atoms with van der Waals surface area (Å²) in [4.78, 5) is 4.95. The minimum atomic E-state index is 0.852. The average molecular weight is 267 g/mol. The van der Waals surface area contributed by atoms with Crippen molar-refractivity contribution >= 4 is 11.4 Å². The number of nitrogens with zero attached hydrogens (tertiary/aromatic N) is 2. The highest BCUT2D eigenvalue weighted by Crippen LogP contribution is 2.17. The Bertz CT molecular complexity index is 545. The molecule has 20 heavy (non-hydrogen) atoms. The monoisotopic (exact) mass is 267 g/mol. The lowest BCUT2D eigenvalue weighted by molar-refractivity contribution is 0.250. The maximum atomic E-state index is 5.84. The van der Waals surface area contributed by atoms with Crippen molar-refractivity contribution in [2.24, 2.45) is 0 Å². The van der Waals surface area contributed by atoms with Crippen LogP contribution in [-0.4, -0.2) is 31.1 Å². The van der Waals surface area contributed by atoms with Crippen LogP contribution in [0, 0.1) is 0 Å². The second kappa shape index (κ2) is 5.97. The van der Waals surface area contributed by atoms with E-state index in [0.717, 1.165) is 38.4 Å². The Balaban J connectivity index is 1.56. The number of para-hydroxylation sites is 1. The van der Waals surface area contributed by atoms with Crippen LogP contribution >= 0.6 is 0 Å². The molecule has 104 valence electrons. The summed E-state index contributed by atoms with van der Waals surface area (Å²) in [5.41, 5.74) is 9.32. The Labute approximate surface area is 120 Å². The fourth-order valence-corrected chi connectivity index (χ4v) is 2.75. The van der Waals surface area contributed by atoms with Crippen molar-refractivity contribution in [1.29, 1.82) is 0 Å². The summed E-state index contributed by atoms with van der Waals surface area (Å²) in [6.07, 6.45) is 0. The predicted octanol–water partition coefficient (Wildman–Crippen LogP) is 2.59. The lowest BCUT2D eigenvalue weighted by Crippen LogP contribution is -2.45. The van der Waals surface area contributed by atoms with Gasteiger partial charge in [0.25, 0.3) is 0 Å². The van der Waals surface area contributed by atoms with Gasteiger partial charge in [-0.25, -0.2) is 0 Å². The highest BCUT2D eigenvalue weighted by atomic mass is 15.3. The largest absolute Gasteiger partial charge is 0.399 e. The molecule has 0 amide bonds. The van der Waals surface area contributed by atoms with E-state index in [9.17, 15) is 0 Å². The van der Waals surface area contributed by atoms with Gasteiger partial charge in [-0.1, -0.05) is 30.3 Å². The molecule has 0 saturated carbocycles. The summed E-state index contributed by atoms with van der Waals surface area (Å²) in [6, 6.07) is 18.9. The zero-order chi connectivity index (χ0) is 13.8. The first-order valence-electron chi connectivity index (χ1n) is 7.18. The molecule has 1 saturated heterocycles. The fourth-order valence-electron chi connectivity index (χ4n) is 2.75. The summed E-state index contributed by atoms with van der Waals surface area (Å²) in [6.45, 7) is 5.37. The number of hydrogen-bond acceptors (Lipinski definition) is 3. The number of nitrogens with two attached hydrogens (primary N) is 1.